The summed E-state index contributed by atoms with van der Waals surface area (Å²) in [5.74, 6) is -0.403. The van der Waals surface area contributed by atoms with E-state index in [0.29, 0.717) is 26.2 Å². The van der Waals surface area contributed by atoms with Gasteiger partial charge < -0.3 is 15.1 Å². The molecule has 1 aliphatic heterocycles. The number of nitrogens with one attached hydrogen (secondary N) is 1. The highest BCUT2D eigenvalue weighted by atomic mass is 16.1. The minimum atomic E-state index is -0.403. The van der Waals surface area contributed by atoms with E-state index < -0.39 is 5.91 Å². The van der Waals surface area contributed by atoms with E-state index >= 15 is 0 Å². The predicted octanol–water partition coefficient (Wildman–Crippen LogP) is 1.68. The number of hydrogen-bond acceptors (Lipinski definition) is 4. The van der Waals surface area contributed by atoms with Crippen molar-refractivity contribution in [3.63, 3.8) is 0 Å². The van der Waals surface area contributed by atoms with Gasteiger partial charge in [-0.15, -0.1) is 0 Å². The van der Waals surface area contributed by atoms with E-state index in [2.05, 4.69) is 5.32 Å². The Bertz CT molecular complexity index is 683. The third-order valence-electron chi connectivity index (χ3n) is 4.15. The van der Waals surface area contributed by atoms with Crippen LogP contribution in [-0.2, 0) is 16.0 Å². The number of benzene rings is 1. The highest BCUT2D eigenvalue weighted by molar-refractivity contribution is 6.07. The molecule has 1 aromatic carbocycles. The number of anilines is 1. The molecule has 1 aliphatic rings. The van der Waals surface area contributed by atoms with Gasteiger partial charge in [-0.2, -0.15) is 5.26 Å². The van der Waals surface area contributed by atoms with Crippen molar-refractivity contribution in [2.75, 3.05) is 31.5 Å². The first-order valence-electron chi connectivity index (χ1n) is 8.04. The second-order valence-corrected chi connectivity index (χ2v) is 5.75. The molecule has 0 radical (unpaired) electrons. The van der Waals surface area contributed by atoms with Crippen LogP contribution in [0, 0.1) is 18.3 Å². The highest BCUT2D eigenvalue weighted by Gasteiger charge is 2.17. The van der Waals surface area contributed by atoms with Crippen LogP contribution < -0.4 is 5.32 Å². The van der Waals surface area contributed by atoms with Crippen LogP contribution in [0.3, 0.4) is 0 Å². The normalized spacial score (nSPS) is 15.0. The highest BCUT2D eigenvalue weighted by Crippen LogP contribution is 2.21. The van der Waals surface area contributed by atoms with E-state index in [-0.39, 0.29) is 5.57 Å². The third-order valence-corrected chi connectivity index (χ3v) is 4.15. The molecule has 1 fully saturated rings. The predicted molar refractivity (Wildman–Crippen MR) is 92.1 cm³/mol. The Morgan fingerprint density at radius 3 is 2.54 bits per heavy atom. The Hall–Kier alpha value is -2.81. The van der Waals surface area contributed by atoms with Crippen molar-refractivity contribution in [1.82, 2.24) is 9.80 Å². The van der Waals surface area contributed by atoms with Crippen molar-refractivity contribution in [2.45, 2.75) is 20.3 Å². The summed E-state index contributed by atoms with van der Waals surface area (Å²) >= 11 is 0. The summed E-state index contributed by atoms with van der Waals surface area (Å²) in [7, 11) is 0. The van der Waals surface area contributed by atoms with Crippen LogP contribution in [0.25, 0.3) is 0 Å². The van der Waals surface area contributed by atoms with Gasteiger partial charge in [0.05, 0.1) is 0 Å². The number of para-hydroxylation sites is 1. The van der Waals surface area contributed by atoms with Crippen molar-refractivity contribution in [1.29, 1.82) is 5.26 Å². The average Bonchev–Trinajstić information content (AvgIpc) is 2.61. The lowest BCUT2D eigenvalue weighted by atomic mass is 10.1. The van der Waals surface area contributed by atoms with Crippen LogP contribution in [0.2, 0.25) is 0 Å². The van der Waals surface area contributed by atoms with Crippen LogP contribution >= 0.6 is 0 Å². The Morgan fingerprint density at radius 2 is 1.96 bits per heavy atom. The van der Waals surface area contributed by atoms with Crippen LogP contribution in [-0.4, -0.2) is 48.3 Å². The molecular weight excluding hydrogens is 304 g/mol. The second-order valence-electron chi connectivity index (χ2n) is 5.75. The number of carbonyl (C=O) groups excluding carboxylic acids is 2. The number of piperazine rings is 1. The number of carbonyl (C=O) groups is 2. The maximum absolute atomic E-state index is 12.5. The van der Waals surface area contributed by atoms with Gasteiger partial charge in [0, 0.05) is 38.1 Å². The summed E-state index contributed by atoms with van der Waals surface area (Å²) in [4.78, 5) is 26.8. The first-order valence-corrected chi connectivity index (χ1v) is 8.04. The Balaban J connectivity index is 2.11. The van der Waals surface area contributed by atoms with Gasteiger partial charge in [0.15, 0.2) is 0 Å². The Labute approximate surface area is 142 Å². The minimum absolute atomic E-state index is 0.0693. The molecule has 6 heteroatoms. The number of amides is 2. The quantitative estimate of drug-likeness (QED) is 0.507. The van der Waals surface area contributed by atoms with E-state index in [4.69, 9.17) is 0 Å². The van der Waals surface area contributed by atoms with Gasteiger partial charge in [-0.05, 0) is 24.5 Å². The number of hydrogen-bond donors (Lipinski definition) is 1. The smallest absolute Gasteiger partial charge is 0.267 e. The molecule has 0 spiro atoms. The molecular formula is C18H22N4O2. The van der Waals surface area contributed by atoms with Crippen LogP contribution in [0.4, 0.5) is 5.69 Å². The molecule has 1 heterocycles. The van der Waals surface area contributed by atoms with E-state index in [9.17, 15) is 14.9 Å². The fourth-order valence-electron chi connectivity index (χ4n) is 2.68. The molecule has 1 saturated heterocycles. The number of aryl methyl sites for hydroxylation is 2. The second kappa shape index (κ2) is 8.16. The molecule has 1 N–H and O–H groups in total. The van der Waals surface area contributed by atoms with Gasteiger partial charge in [0.25, 0.3) is 5.91 Å². The molecule has 6 nitrogen and oxygen atoms in total. The van der Waals surface area contributed by atoms with Crippen molar-refractivity contribution >= 4 is 18.0 Å². The zero-order valence-corrected chi connectivity index (χ0v) is 14.1. The van der Waals surface area contributed by atoms with Crippen LogP contribution in [0.1, 0.15) is 18.1 Å². The molecule has 126 valence electrons. The standard InChI is InChI=1S/C18H22N4O2/c1-3-15-6-4-5-14(2)17(15)20-18(24)16(11-19)12-21-7-9-22(13-23)10-8-21/h4-6,12-13H,3,7-10H2,1-2H3,(H,20,24)/b16-12-. The summed E-state index contributed by atoms with van der Waals surface area (Å²) in [6, 6.07) is 7.83. The molecule has 0 aromatic heterocycles. The third kappa shape index (κ3) is 4.13. The van der Waals surface area contributed by atoms with Crippen molar-refractivity contribution < 1.29 is 9.59 Å². The van der Waals surface area contributed by atoms with E-state index in [0.717, 1.165) is 29.6 Å². The average molecular weight is 326 g/mol. The summed E-state index contributed by atoms with van der Waals surface area (Å²) in [5.41, 5.74) is 2.86. The fourth-order valence-corrected chi connectivity index (χ4v) is 2.68. The molecule has 0 saturated carbocycles. The maximum atomic E-state index is 12.5. The lowest BCUT2D eigenvalue weighted by Crippen LogP contribution is -2.43. The molecule has 0 bridgehead atoms. The van der Waals surface area contributed by atoms with E-state index in [1.165, 1.54) is 0 Å². The Kier molecular flexibility index (Phi) is 5.96. The molecule has 2 amide bonds. The molecule has 0 aliphatic carbocycles. The topological polar surface area (TPSA) is 76.4 Å². The monoisotopic (exact) mass is 326 g/mol. The number of rotatable bonds is 5. The summed E-state index contributed by atoms with van der Waals surface area (Å²) in [5, 5.41) is 12.2. The van der Waals surface area contributed by atoms with Gasteiger partial charge in [-0.25, -0.2) is 0 Å². The van der Waals surface area contributed by atoms with Crippen LogP contribution in [0.15, 0.2) is 30.0 Å². The first-order chi connectivity index (χ1) is 11.6. The van der Waals surface area contributed by atoms with Crippen molar-refractivity contribution in [3.05, 3.63) is 41.1 Å². The van der Waals surface area contributed by atoms with Crippen molar-refractivity contribution in [2.24, 2.45) is 0 Å². The lowest BCUT2D eigenvalue weighted by molar-refractivity contribution is -0.119. The molecule has 0 unspecified atom stereocenters. The fraction of sp³-hybridized carbons (Fsp3) is 0.389. The largest absolute Gasteiger partial charge is 0.373 e. The summed E-state index contributed by atoms with van der Waals surface area (Å²) in [6.07, 6.45) is 3.21. The zero-order chi connectivity index (χ0) is 17.5. The zero-order valence-electron chi connectivity index (χ0n) is 14.1. The van der Waals surface area contributed by atoms with Gasteiger partial charge >= 0.3 is 0 Å². The maximum Gasteiger partial charge on any atom is 0.267 e. The van der Waals surface area contributed by atoms with E-state index in [1.807, 2.05) is 43.0 Å². The van der Waals surface area contributed by atoms with Crippen molar-refractivity contribution in [3.8, 4) is 6.07 Å². The van der Waals surface area contributed by atoms with E-state index in [1.54, 1.807) is 11.1 Å². The van der Waals surface area contributed by atoms with Gasteiger partial charge in [0.1, 0.15) is 11.6 Å². The molecule has 2 rings (SSSR count). The summed E-state index contributed by atoms with van der Waals surface area (Å²) in [6.45, 7) is 6.38. The first kappa shape index (κ1) is 17.5. The van der Waals surface area contributed by atoms with Gasteiger partial charge in [-0.3, -0.25) is 9.59 Å². The van der Waals surface area contributed by atoms with Crippen LogP contribution in [0.5, 0.6) is 0 Å². The molecule has 24 heavy (non-hydrogen) atoms. The molecule has 0 atom stereocenters. The summed E-state index contributed by atoms with van der Waals surface area (Å²) < 4.78 is 0. The van der Waals surface area contributed by atoms with Gasteiger partial charge in [-0.1, -0.05) is 25.1 Å². The minimum Gasteiger partial charge on any atom is -0.373 e. The number of nitrogens with zero attached hydrogens (tertiary/aromatic N) is 3. The number of nitriles is 1. The lowest BCUT2D eigenvalue weighted by Gasteiger charge is -2.31. The SMILES string of the molecule is CCc1cccc(C)c1NC(=O)/C(C#N)=C\N1CCN(C=O)CC1. The molecule has 1 aromatic rings. The Morgan fingerprint density at radius 1 is 1.29 bits per heavy atom. The van der Waals surface area contributed by atoms with Gasteiger partial charge in [0.2, 0.25) is 6.41 Å².